The third-order valence-electron chi connectivity index (χ3n) is 12.0. The molecule has 1 unspecified atom stereocenters. The molecule has 0 spiro atoms. The van der Waals surface area contributed by atoms with Crippen molar-refractivity contribution in [3.05, 3.63) is 179 Å². The van der Waals surface area contributed by atoms with Crippen molar-refractivity contribution in [2.45, 2.75) is 50.6 Å². The van der Waals surface area contributed by atoms with Crippen LogP contribution >= 0.6 is 0 Å². The summed E-state index contributed by atoms with van der Waals surface area (Å²) in [5.41, 5.74) is 5.78. The van der Waals surface area contributed by atoms with Gasteiger partial charge < -0.3 is 38.6 Å². The average Bonchev–Trinajstić information content (AvgIpc) is 3.34. The predicted molar refractivity (Wildman–Crippen MR) is 248 cm³/mol. The lowest BCUT2D eigenvalue weighted by atomic mass is 9.83. The number of aliphatic hydroxyl groups is 2. The van der Waals surface area contributed by atoms with E-state index in [0.29, 0.717) is 54.0 Å². The third kappa shape index (κ3) is 11.0. The molecule has 0 heterocycles. The summed E-state index contributed by atoms with van der Waals surface area (Å²) in [5, 5.41) is 23.0. The summed E-state index contributed by atoms with van der Waals surface area (Å²) in [4.78, 5) is 4.75. The second-order valence-corrected chi connectivity index (χ2v) is 15.6. The molecule has 6 aromatic carbocycles. The fraction of sp³-hybridized carbons (Fsp3) is 0.321. The van der Waals surface area contributed by atoms with Crippen LogP contribution in [0.1, 0.15) is 70.9 Å². The van der Waals surface area contributed by atoms with E-state index in [1.807, 2.05) is 72.8 Å². The van der Waals surface area contributed by atoms with Crippen molar-refractivity contribution in [3.8, 4) is 34.5 Å². The predicted octanol–water partition coefficient (Wildman–Crippen LogP) is 10.0. The van der Waals surface area contributed by atoms with Gasteiger partial charge in [0.25, 0.3) is 0 Å². The Bertz CT molecular complexity index is 2230. The highest BCUT2D eigenvalue weighted by molar-refractivity contribution is 5.52. The molecular formula is C53H62N2O8. The monoisotopic (exact) mass is 854 g/mol. The van der Waals surface area contributed by atoms with Gasteiger partial charge in [-0.15, -0.1) is 0 Å². The molecule has 6 aromatic rings. The number of hydrogen-bond acceptors (Lipinski definition) is 10. The number of benzene rings is 6. The molecule has 10 nitrogen and oxygen atoms in total. The van der Waals surface area contributed by atoms with Crippen LogP contribution in [0.2, 0.25) is 0 Å². The average molecular weight is 855 g/mol. The molecule has 0 aliphatic rings. The third-order valence-corrected chi connectivity index (χ3v) is 12.0. The van der Waals surface area contributed by atoms with Crippen molar-refractivity contribution >= 4 is 0 Å². The Hall–Kier alpha value is -6.04. The first-order valence-corrected chi connectivity index (χ1v) is 21.3. The van der Waals surface area contributed by atoms with Gasteiger partial charge >= 0.3 is 0 Å². The van der Waals surface area contributed by atoms with Gasteiger partial charge in [-0.05, 0) is 34.6 Å². The van der Waals surface area contributed by atoms with Gasteiger partial charge in [0.2, 0.25) is 0 Å². The Morgan fingerprint density at radius 2 is 0.730 bits per heavy atom. The SMILES string of the molecule is COc1cc(OC)c(CN([C@H](CC(C)[C@H](c2ccccc2)N(Cc2c(OC)cc(OC)cc2OC)[C@@H](CO)c2ccccc2)c2ccccc2)[C@@H](CO)c2ccccc2)c(OC)c1. The van der Waals surface area contributed by atoms with E-state index >= 15 is 0 Å². The maximum absolute atomic E-state index is 11.5. The topological polar surface area (TPSA) is 102 Å². The Kier molecular flexibility index (Phi) is 16.9. The number of nitrogens with zero attached hydrogens (tertiary/aromatic N) is 2. The van der Waals surface area contributed by atoms with Crippen LogP contribution in [0.25, 0.3) is 0 Å². The van der Waals surface area contributed by atoms with Crippen LogP contribution in [0.5, 0.6) is 34.5 Å². The van der Waals surface area contributed by atoms with Crippen LogP contribution in [0, 0.1) is 5.92 Å². The summed E-state index contributed by atoms with van der Waals surface area (Å²) >= 11 is 0. The van der Waals surface area contributed by atoms with Gasteiger partial charge in [0.05, 0.1) is 79.1 Å². The van der Waals surface area contributed by atoms with E-state index in [9.17, 15) is 10.2 Å². The molecule has 0 saturated carbocycles. The molecule has 5 atom stereocenters. The standard InChI is InChI=1S/C53H62N2O8/c1-37(53(41-26-18-11-19-27-41)55(48(36-57)40-24-16-10-17-25-40)34-45-51(62-6)31-43(59-3)32-52(45)63-7)28-46(38-20-12-8-13-21-38)54(47(35-56)39-22-14-9-15-23-39)33-44-49(60-4)29-42(58-2)30-50(44)61-5/h8-27,29-32,37,46-48,53,56-57H,28,33-36H2,1-7H3/t37?,46-,47+,48+,53-/m1/s1. The fourth-order valence-electron chi connectivity index (χ4n) is 8.94. The van der Waals surface area contributed by atoms with Crippen molar-refractivity contribution in [1.29, 1.82) is 0 Å². The lowest BCUT2D eigenvalue weighted by Gasteiger charge is -2.44. The number of rotatable bonds is 23. The zero-order valence-electron chi connectivity index (χ0n) is 37.5. The molecule has 63 heavy (non-hydrogen) atoms. The largest absolute Gasteiger partial charge is 0.496 e. The van der Waals surface area contributed by atoms with E-state index in [1.165, 1.54) is 0 Å². The maximum atomic E-state index is 11.5. The molecular weight excluding hydrogens is 793 g/mol. The zero-order valence-corrected chi connectivity index (χ0v) is 37.5. The highest BCUT2D eigenvalue weighted by Crippen LogP contribution is 2.47. The Balaban J connectivity index is 1.57. The van der Waals surface area contributed by atoms with Crippen molar-refractivity contribution in [1.82, 2.24) is 9.80 Å². The molecule has 10 heteroatoms. The molecule has 0 amide bonds. The molecule has 0 aromatic heterocycles. The number of methoxy groups -OCH3 is 6. The van der Waals surface area contributed by atoms with E-state index in [0.717, 1.165) is 33.4 Å². The number of hydrogen-bond donors (Lipinski definition) is 2. The minimum absolute atomic E-state index is 0.0807. The molecule has 0 fully saturated rings. The number of aliphatic hydroxyl groups excluding tert-OH is 2. The van der Waals surface area contributed by atoms with Gasteiger partial charge in [-0.3, -0.25) is 9.80 Å². The second kappa shape index (κ2) is 22.9. The Morgan fingerprint density at radius 1 is 0.413 bits per heavy atom. The van der Waals surface area contributed by atoms with E-state index < -0.39 is 12.1 Å². The minimum atomic E-state index is -0.427. The molecule has 2 N–H and O–H groups in total. The smallest absolute Gasteiger partial charge is 0.130 e. The summed E-state index contributed by atoms with van der Waals surface area (Å²) in [5.74, 6) is 3.61. The molecule has 0 bridgehead atoms. The summed E-state index contributed by atoms with van der Waals surface area (Å²) in [7, 11) is 9.84. The van der Waals surface area contributed by atoms with Crippen LogP contribution < -0.4 is 28.4 Å². The molecule has 332 valence electrons. The summed E-state index contributed by atoms with van der Waals surface area (Å²) in [6.45, 7) is 2.72. The minimum Gasteiger partial charge on any atom is -0.496 e. The normalized spacial score (nSPS) is 13.8. The van der Waals surface area contributed by atoms with Gasteiger partial charge in [0.15, 0.2) is 0 Å². The van der Waals surface area contributed by atoms with Crippen molar-refractivity contribution in [2.24, 2.45) is 5.92 Å². The fourth-order valence-corrected chi connectivity index (χ4v) is 8.94. The first-order chi connectivity index (χ1) is 30.8. The first-order valence-electron chi connectivity index (χ1n) is 21.3. The first kappa shape index (κ1) is 46.5. The van der Waals surface area contributed by atoms with Crippen LogP contribution in [-0.2, 0) is 13.1 Å². The molecule has 6 rings (SSSR count). The highest BCUT2D eigenvalue weighted by Gasteiger charge is 2.38. The van der Waals surface area contributed by atoms with Gasteiger partial charge in [0.1, 0.15) is 34.5 Å². The quantitative estimate of drug-likeness (QED) is 0.0648. The van der Waals surface area contributed by atoms with Gasteiger partial charge in [-0.1, -0.05) is 128 Å². The van der Waals surface area contributed by atoms with Gasteiger partial charge in [0, 0.05) is 49.4 Å². The summed E-state index contributed by atoms with van der Waals surface area (Å²) in [6, 6.07) is 47.4. The van der Waals surface area contributed by atoms with Crippen LogP contribution in [0.15, 0.2) is 146 Å². The van der Waals surface area contributed by atoms with E-state index in [-0.39, 0.29) is 31.2 Å². The van der Waals surface area contributed by atoms with Crippen molar-refractivity contribution in [2.75, 3.05) is 55.9 Å². The summed E-state index contributed by atoms with van der Waals surface area (Å²) < 4.78 is 35.4. The maximum Gasteiger partial charge on any atom is 0.130 e. The van der Waals surface area contributed by atoms with E-state index in [1.54, 1.807) is 42.7 Å². The van der Waals surface area contributed by atoms with E-state index in [2.05, 4.69) is 89.5 Å². The molecule has 0 aliphatic heterocycles. The highest BCUT2D eigenvalue weighted by atomic mass is 16.5. The van der Waals surface area contributed by atoms with Gasteiger partial charge in [-0.25, -0.2) is 0 Å². The molecule has 0 aliphatic carbocycles. The molecule has 0 saturated heterocycles. The van der Waals surface area contributed by atoms with E-state index in [4.69, 9.17) is 28.4 Å². The second-order valence-electron chi connectivity index (χ2n) is 15.6. The Morgan fingerprint density at radius 3 is 1.06 bits per heavy atom. The molecule has 0 radical (unpaired) electrons. The van der Waals surface area contributed by atoms with Crippen molar-refractivity contribution < 1.29 is 38.6 Å². The lowest BCUT2D eigenvalue weighted by Crippen LogP contribution is -2.40. The van der Waals surface area contributed by atoms with Crippen molar-refractivity contribution in [3.63, 3.8) is 0 Å². The number of ether oxygens (including phenoxy) is 6. The van der Waals surface area contributed by atoms with Gasteiger partial charge in [-0.2, -0.15) is 0 Å². The Labute approximate surface area is 373 Å². The zero-order chi connectivity index (χ0) is 44.7. The lowest BCUT2D eigenvalue weighted by molar-refractivity contribution is 0.0219. The summed E-state index contributed by atoms with van der Waals surface area (Å²) in [6.07, 6.45) is 0.633. The van der Waals surface area contributed by atoms with Crippen LogP contribution in [0.3, 0.4) is 0 Å². The van der Waals surface area contributed by atoms with Crippen LogP contribution in [0.4, 0.5) is 0 Å². The van der Waals surface area contributed by atoms with Crippen LogP contribution in [-0.4, -0.2) is 75.9 Å².